The molecule has 3 rings (SSSR count). The molecule has 3 amide bonds. The predicted octanol–water partition coefficient (Wildman–Crippen LogP) is 2.22. The Morgan fingerprint density at radius 1 is 1.03 bits per heavy atom. The zero-order valence-electron chi connectivity index (χ0n) is 22.6. The molecule has 206 valence electrons. The molecular formula is C30H40N6O3+2. The second-order valence-corrected chi connectivity index (χ2v) is 9.57. The number of para-hydroxylation sites is 1. The fourth-order valence-electron chi connectivity index (χ4n) is 4.33. The molecule has 9 nitrogen and oxygen atoms in total. The van der Waals surface area contributed by atoms with Gasteiger partial charge in [-0.05, 0) is 37.0 Å². The first-order valence-electron chi connectivity index (χ1n) is 13.5. The third kappa shape index (κ3) is 9.38. The van der Waals surface area contributed by atoms with Crippen molar-refractivity contribution in [3.63, 3.8) is 0 Å². The maximum Gasteiger partial charge on any atom is 0.247 e. The molecule has 0 saturated heterocycles. The molecule has 0 bridgehead atoms. The zero-order chi connectivity index (χ0) is 28.0. The molecule has 1 heterocycles. The Labute approximate surface area is 230 Å². The van der Waals surface area contributed by atoms with E-state index >= 15 is 0 Å². The average Bonchev–Trinajstić information content (AvgIpc) is 2.96. The summed E-state index contributed by atoms with van der Waals surface area (Å²) in [5.41, 5.74) is 14.4. The van der Waals surface area contributed by atoms with Crippen molar-refractivity contribution in [3.8, 4) is 0 Å². The number of hydrogen-bond acceptors (Lipinski definition) is 5. The number of nitrogens with one attached hydrogen (secondary N) is 3. The Morgan fingerprint density at radius 2 is 1.77 bits per heavy atom. The van der Waals surface area contributed by atoms with Gasteiger partial charge in [-0.25, -0.2) is 4.98 Å². The van der Waals surface area contributed by atoms with Crippen LogP contribution in [0.2, 0.25) is 0 Å². The predicted molar refractivity (Wildman–Crippen MR) is 153 cm³/mol. The van der Waals surface area contributed by atoms with E-state index in [0.29, 0.717) is 38.2 Å². The molecule has 2 atom stereocenters. The molecule has 0 aliphatic carbocycles. The normalized spacial score (nSPS) is 12.4. The minimum absolute atomic E-state index is 0.0299. The number of aryl methyl sites for hydroxylation is 1. The molecule has 0 saturated carbocycles. The van der Waals surface area contributed by atoms with Gasteiger partial charge in [0.1, 0.15) is 18.2 Å². The number of fused-ring (bicyclic) bond motifs is 1. The van der Waals surface area contributed by atoms with Crippen LogP contribution < -0.4 is 27.1 Å². The Hall–Kier alpha value is -3.95. The van der Waals surface area contributed by atoms with Crippen molar-refractivity contribution in [2.45, 2.75) is 51.1 Å². The molecule has 0 aliphatic rings. The third-order valence-electron chi connectivity index (χ3n) is 6.54. The topological polar surface area (TPSA) is 145 Å². The van der Waals surface area contributed by atoms with E-state index in [0.717, 1.165) is 22.9 Å². The van der Waals surface area contributed by atoms with E-state index in [1.807, 2.05) is 74.0 Å². The lowest BCUT2D eigenvalue weighted by molar-refractivity contribution is -0.343. The van der Waals surface area contributed by atoms with E-state index in [1.54, 1.807) is 11.1 Å². The number of carbonyl (C=O) groups is 3. The molecule has 2 unspecified atom stereocenters. The first-order valence-corrected chi connectivity index (χ1v) is 13.5. The standard InChI is InChI=1S/C30H38N6O3/c1-2-3-18-36(19-17-31)30(39)25(32)14-16-28(37)35-27(15-13-22-9-5-4-6-10-22)29(38)34-24-20-23-11-7-8-12-26(23)33-21-24/h2,4-12,20-21,25,27H,3,13-19,31-32H2,1H3,(H-,34,35,37,38)/p+2. The molecule has 9 heteroatoms. The highest BCUT2D eigenvalue weighted by molar-refractivity contribution is 5.98. The first kappa shape index (κ1) is 29.6. The fourth-order valence-corrected chi connectivity index (χ4v) is 4.33. The maximum absolute atomic E-state index is 13.3. The summed E-state index contributed by atoms with van der Waals surface area (Å²) in [6, 6.07) is 17.9. The fraction of sp³-hybridized carbons (Fsp3) is 0.367. The zero-order valence-corrected chi connectivity index (χ0v) is 22.6. The van der Waals surface area contributed by atoms with E-state index in [4.69, 9.17) is 11.5 Å². The van der Waals surface area contributed by atoms with Crippen LogP contribution in [0.3, 0.4) is 0 Å². The lowest BCUT2D eigenvalue weighted by Crippen LogP contribution is -2.47. The average molecular weight is 533 g/mol. The number of anilines is 1. The molecule has 0 fully saturated rings. The van der Waals surface area contributed by atoms with Gasteiger partial charge < -0.3 is 27.0 Å². The van der Waals surface area contributed by atoms with E-state index in [1.165, 1.54) is 0 Å². The van der Waals surface area contributed by atoms with Gasteiger partial charge in [0.15, 0.2) is 6.20 Å². The lowest BCUT2D eigenvalue weighted by atomic mass is 10.0. The number of hydrogen-bond donors (Lipinski definition) is 4. The van der Waals surface area contributed by atoms with Crippen molar-refractivity contribution in [2.24, 2.45) is 11.5 Å². The number of H-pyrrole nitrogens is 1. The minimum Gasteiger partial charge on any atom is -0.344 e. The van der Waals surface area contributed by atoms with Crippen LogP contribution in [0.5, 0.6) is 0 Å². The smallest absolute Gasteiger partial charge is 0.247 e. The Morgan fingerprint density at radius 3 is 2.51 bits per heavy atom. The Bertz CT molecular complexity index is 1220. The molecule has 0 radical (unpaired) electrons. The van der Waals surface area contributed by atoms with Gasteiger partial charge in [-0.2, -0.15) is 0 Å². The number of carbonyl (C=O) groups excluding carboxylic acids is 3. The summed E-state index contributed by atoms with van der Waals surface area (Å²) in [6.07, 6.45) is 5.68. The largest absolute Gasteiger partial charge is 0.344 e. The second kappa shape index (κ2) is 15.5. The molecule has 3 aromatic rings. The van der Waals surface area contributed by atoms with Crippen LogP contribution >= 0.6 is 0 Å². The first-order chi connectivity index (χ1) is 18.9. The quantitative estimate of drug-likeness (QED) is 0.222. The van der Waals surface area contributed by atoms with Gasteiger partial charge in [0.25, 0.3) is 0 Å². The highest BCUT2D eigenvalue weighted by Crippen LogP contribution is 2.15. The molecular weight excluding hydrogens is 492 g/mol. The highest BCUT2D eigenvalue weighted by atomic mass is 16.2. The minimum atomic E-state index is -0.816. The van der Waals surface area contributed by atoms with E-state index in [9.17, 15) is 14.4 Å². The lowest BCUT2D eigenvalue weighted by Gasteiger charge is -2.24. The van der Waals surface area contributed by atoms with Crippen molar-refractivity contribution in [3.05, 3.63) is 78.8 Å². The maximum atomic E-state index is 13.3. The van der Waals surface area contributed by atoms with E-state index in [-0.39, 0.29) is 30.6 Å². The summed E-state index contributed by atoms with van der Waals surface area (Å²) < 4.78 is 0. The number of benzene rings is 2. The molecule has 0 aliphatic heterocycles. The number of aromatic amines is 1. The van der Waals surface area contributed by atoms with Crippen molar-refractivity contribution in [1.29, 1.82) is 0 Å². The van der Waals surface area contributed by atoms with Crippen LogP contribution in [0.4, 0.5) is 5.69 Å². The van der Waals surface area contributed by atoms with Gasteiger partial charge in [0.2, 0.25) is 23.2 Å². The summed E-state index contributed by atoms with van der Waals surface area (Å²) >= 11 is 0. The van der Waals surface area contributed by atoms with E-state index < -0.39 is 12.1 Å². The van der Waals surface area contributed by atoms with Crippen LogP contribution in [0.1, 0.15) is 38.2 Å². The summed E-state index contributed by atoms with van der Waals surface area (Å²) in [4.78, 5) is 43.7. The summed E-state index contributed by atoms with van der Waals surface area (Å²) in [5, 5.41) is 6.74. The molecule has 1 aromatic heterocycles. The van der Waals surface area contributed by atoms with Gasteiger partial charge >= 0.3 is 0 Å². The highest BCUT2D eigenvalue weighted by Gasteiger charge is 2.25. The van der Waals surface area contributed by atoms with Crippen LogP contribution in [0.15, 0.2) is 66.9 Å². The monoisotopic (exact) mass is 532 g/mol. The number of nitrogens with two attached hydrogens (primary N) is 2. The SMILES string of the molecule is C[CH+]CCN(CCN)C(=O)C(N)CCC(=O)NC(CCc1ccccc1)C(=O)Nc1c[nH+]c2ccccc2c1. The number of rotatable bonds is 15. The molecule has 2 aromatic carbocycles. The van der Waals surface area contributed by atoms with Crippen molar-refractivity contribution in [1.82, 2.24) is 10.2 Å². The van der Waals surface area contributed by atoms with Crippen molar-refractivity contribution < 1.29 is 19.4 Å². The summed E-state index contributed by atoms with van der Waals surface area (Å²) in [6.45, 7) is 3.23. The van der Waals surface area contributed by atoms with Crippen LogP contribution in [0.25, 0.3) is 10.9 Å². The number of pyridine rings is 1. The van der Waals surface area contributed by atoms with Crippen molar-refractivity contribution in [2.75, 3.05) is 25.0 Å². The number of aromatic nitrogens is 1. The van der Waals surface area contributed by atoms with Crippen LogP contribution in [0, 0.1) is 6.42 Å². The van der Waals surface area contributed by atoms with Gasteiger partial charge in [-0.3, -0.25) is 14.4 Å². The molecule has 0 spiro atoms. The van der Waals surface area contributed by atoms with Gasteiger partial charge in [-0.1, -0.05) is 42.5 Å². The number of nitrogens with zero attached hydrogens (tertiary/aromatic N) is 1. The molecule has 7 N–H and O–H groups in total. The number of amides is 3. The van der Waals surface area contributed by atoms with Gasteiger partial charge in [-0.15, -0.1) is 0 Å². The van der Waals surface area contributed by atoms with E-state index in [2.05, 4.69) is 15.6 Å². The third-order valence-corrected chi connectivity index (χ3v) is 6.54. The Kier molecular flexibility index (Phi) is 11.7. The summed E-state index contributed by atoms with van der Waals surface area (Å²) in [5.74, 6) is -0.863. The van der Waals surface area contributed by atoms with Crippen LogP contribution in [-0.4, -0.2) is 54.3 Å². The summed E-state index contributed by atoms with van der Waals surface area (Å²) in [7, 11) is 0. The van der Waals surface area contributed by atoms with Crippen LogP contribution in [-0.2, 0) is 20.8 Å². The number of unbranched alkanes of at least 4 members (excludes halogenated alkanes) is 1. The van der Waals surface area contributed by atoms with Gasteiger partial charge in [0.05, 0.1) is 25.9 Å². The Balaban J connectivity index is 1.62. The molecule has 39 heavy (non-hydrogen) atoms. The van der Waals surface area contributed by atoms with Gasteiger partial charge in [0, 0.05) is 31.0 Å². The van der Waals surface area contributed by atoms with Crippen molar-refractivity contribution >= 4 is 34.3 Å². The second-order valence-electron chi connectivity index (χ2n) is 9.57.